The standard InChI is InChI=1S/C13H23N3O/c1-4-7-15-13(17)11(3)16-8-5-6-12(9-16)10(2)14/h1,10-12H,5-9,14H2,2-3H3,(H,15,17). The van der Waals surface area contributed by atoms with Crippen LogP contribution in [0.15, 0.2) is 0 Å². The molecule has 3 atom stereocenters. The van der Waals surface area contributed by atoms with Crippen molar-refractivity contribution in [3.8, 4) is 12.3 Å². The van der Waals surface area contributed by atoms with Gasteiger partial charge in [-0.25, -0.2) is 0 Å². The number of rotatable bonds is 4. The molecule has 0 saturated carbocycles. The van der Waals surface area contributed by atoms with Gasteiger partial charge in [0.1, 0.15) is 0 Å². The van der Waals surface area contributed by atoms with Crippen molar-refractivity contribution in [3.63, 3.8) is 0 Å². The lowest BCUT2D eigenvalue weighted by Gasteiger charge is -2.37. The van der Waals surface area contributed by atoms with Crippen molar-refractivity contribution in [2.24, 2.45) is 11.7 Å². The highest BCUT2D eigenvalue weighted by Crippen LogP contribution is 2.20. The van der Waals surface area contributed by atoms with Crippen LogP contribution in [0.2, 0.25) is 0 Å². The van der Waals surface area contributed by atoms with Crippen LogP contribution < -0.4 is 11.1 Å². The molecule has 1 aliphatic rings. The van der Waals surface area contributed by atoms with Gasteiger partial charge >= 0.3 is 0 Å². The van der Waals surface area contributed by atoms with E-state index in [-0.39, 0.29) is 18.0 Å². The molecule has 0 aromatic heterocycles. The first kappa shape index (κ1) is 14.0. The van der Waals surface area contributed by atoms with Gasteiger partial charge in [0, 0.05) is 12.6 Å². The first-order valence-electron chi connectivity index (χ1n) is 6.27. The fourth-order valence-corrected chi connectivity index (χ4v) is 2.27. The van der Waals surface area contributed by atoms with E-state index in [9.17, 15) is 4.79 Å². The van der Waals surface area contributed by atoms with Gasteiger partial charge in [0.15, 0.2) is 0 Å². The molecule has 0 bridgehead atoms. The number of amides is 1. The molecule has 1 amide bonds. The number of nitrogens with two attached hydrogens (primary N) is 1. The van der Waals surface area contributed by atoms with E-state index in [4.69, 9.17) is 12.2 Å². The number of piperidine rings is 1. The van der Waals surface area contributed by atoms with Gasteiger partial charge in [0.25, 0.3) is 0 Å². The highest BCUT2D eigenvalue weighted by atomic mass is 16.2. The lowest BCUT2D eigenvalue weighted by atomic mass is 9.91. The van der Waals surface area contributed by atoms with E-state index in [1.54, 1.807) is 0 Å². The topological polar surface area (TPSA) is 58.4 Å². The number of nitrogens with one attached hydrogen (secondary N) is 1. The average Bonchev–Trinajstić information content (AvgIpc) is 2.35. The Labute approximate surface area is 104 Å². The molecule has 0 radical (unpaired) electrons. The van der Waals surface area contributed by atoms with E-state index < -0.39 is 0 Å². The van der Waals surface area contributed by atoms with E-state index in [0.717, 1.165) is 25.9 Å². The number of nitrogens with zero attached hydrogens (tertiary/aromatic N) is 1. The van der Waals surface area contributed by atoms with E-state index in [0.29, 0.717) is 12.5 Å². The molecular formula is C13H23N3O. The first-order chi connectivity index (χ1) is 8.06. The van der Waals surface area contributed by atoms with Crippen LogP contribution in [0.3, 0.4) is 0 Å². The molecule has 1 heterocycles. The average molecular weight is 237 g/mol. The van der Waals surface area contributed by atoms with Crippen LogP contribution in [-0.2, 0) is 4.79 Å². The molecule has 0 aromatic carbocycles. The van der Waals surface area contributed by atoms with Crippen LogP contribution in [0.4, 0.5) is 0 Å². The fraction of sp³-hybridized carbons (Fsp3) is 0.769. The van der Waals surface area contributed by atoms with Crippen LogP contribution >= 0.6 is 0 Å². The van der Waals surface area contributed by atoms with E-state index in [1.165, 1.54) is 0 Å². The Balaban J connectivity index is 2.48. The van der Waals surface area contributed by atoms with Gasteiger partial charge < -0.3 is 11.1 Å². The lowest BCUT2D eigenvalue weighted by molar-refractivity contribution is -0.126. The molecule has 1 rings (SSSR count). The highest BCUT2D eigenvalue weighted by molar-refractivity contribution is 5.81. The number of carbonyl (C=O) groups excluding carboxylic acids is 1. The van der Waals surface area contributed by atoms with Crippen molar-refractivity contribution in [1.82, 2.24) is 10.2 Å². The van der Waals surface area contributed by atoms with Crippen LogP contribution in [0.25, 0.3) is 0 Å². The lowest BCUT2D eigenvalue weighted by Crippen LogP contribution is -2.51. The van der Waals surface area contributed by atoms with Crippen LogP contribution in [0.1, 0.15) is 26.7 Å². The summed E-state index contributed by atoms with van der Waals surface area (Å²) in [6.07, 6.45) is 7.39. The normalized spacial score (nSPS) is 24.7. The van der Waals surface area contributed by atoms with Gasteiger partial charge in [-0.05, 0) is 39.2 Å². The summed E-state index contributed by atoms with van der Waals surface area (Å²) < 4.78 is 0. The Morgan fingerprint density at radius 2 is 2.35 bits per heavy atom. The van der Waals surface area contributed by atoms with Crippen LogP contribution in [0.5, 0.6) is 0 Å². The van der Waals surface area contributed by atoms with Gasteiger partial charge in [0.05, 0.1) is 12.6 Å². The van der Waals surface area contributed by atoms with E-state index in [2.05, 4.69) is 16.1 Å². The third-order valence-electron chi connectivity index (χ3n) is 3.52. The van der Waals surface area contributed by atoms with Crippen LogP contribution in [-0.4, -0.2) is 42.5 Å². The van der Waals surface area contributed by atoms with Crippen LogP contribution in [0, 0.1) is 18.3 Å². The van der Waals surface area contributed by atoms with E-state index >= 15 is 0 Å². The zero-order valence-corrected chi connectivity index (χ0v) is 10.8. The van der Waals surface area contributed by atoms with Crippen molar-refractivity contribution in [1.29, 1.82) is 0 Å². The molecular weight excluding hydrogens is 214 g/mol. The molecule has 17 heavy (non-hydrogen) atoms. The Bertz CT molecular complexity index is 296. The zero-order chi connectivity index (χ0) is 12.8. The highest BCUT2D eigenvalue weighted by Gasteiger charge is 2.28. The Kier molecular flexibility index (Phi) is 5.46. The first-order valence-corrected chi connectivity index (χ1v) is 6.27. The number of hydrogen-bond acceptors (Lipinski definition) is 3. The summed E-state index contributed by atoms with van der Waals surface area (Å²) in [5.74, 6) is 2.91. The van der Waals surface area contributed by atoms with Gasteiger partial charge in [-0.1, -0.05) is 5.92 Å². The van der Waals surface area contributed by atoms with Gasteiger partial charge in [-0.3, -0.25) is 9.69 Å². The summed E-state index contributed by atoms with van der Waals surface area (Å²) in [6, 6.07) is 0.0728. The quantitative estimate of drug-likeness (QED) is 0.686. The SMILES string of the molecule is C#CCNC(=O)C(C)N1CCCC(C(C)N)C1. The largest absolute Gasteiger partial charge is 0.344 e. The van der Waals surface area contributed by atoms with E-state index in [1.807, 2.05) is 13.8 Å². The molecule has 1 aliphatic heterocycles. The summed E-state index contributed by atoms with van der Waals surface area (Å²) in [5, 5.41) is 2.73. The number of terminal acetylenes is 1. The Morgan fingerprint density at radius 3 is 2.94 bits per heavy atom. The predicted octanol–water partition coefficient (Wildman–Crippen LogP) is 0.184. The maximum atomic E-state index is 11.8. The minimum atomic E-state index is -0.120. The van der Waals surface area contributed by atoms with Crippen molar-refractivity contribution < 1.29 is 4.79 Å². The molecule has 4 heteroatoms. The summed E-state index contributed by atoms with van der Waals surface area (Å²) in [4.78, 5) is 14.0. The van der Waals surface area contributed by atoms with Crippen molar-refractivity contribution in [3.05, 3.63) is 0 Å². The molecule has 4 nitrogen and oxygen atoms in total. The molecule has 1 fully saturated rings. The summed E-state index contributed by atoms with van der Waals surface area (Å²) in [6.45, 7) is 6.14. The molecule has 96 valence electrons. The summed E-state index contributed by atoms with van der Waals surface area (Å²) >= 11 is 0. The molecule has 3 N–H and O–H groups in total. The molecule has 1 saturated heterocycles. The molecule has 0 aliphatic carbocycles. The Morgan fingerprint density at radius 1 is 1.65 bits per heavy atom. The monoisotopic (exact) mass is 237 g/mol. The van der Waals surface area contributed by atoms with Gasteiger partial charge in [-0.15, -0.1) is 6.42 Å². The second kappa shape index (κ2) is 6.63. The van der Waals surface area contributed by atoms with Crippen molar-refractivity contribution in [2.75, 3.05) is 19.6 Å². The zero-order valence-electron chi connectivity index (χ0n) is 10.8. The number of likely N-dealkylation sites (tertiary alicyclic amines) is 1. The third-order valence-corrected chi connectivity index (χ3v) is 3.52. The van der Waals surface area contributed by atoms with Gasteiger partial charge in [0.2, 0.25) is 5.91 Å². The number of carbonyl (C=O) groups is 1. The second-order valence-electron chi connectivity index (χ2n) is 4.85. The Hall–Kier alpha value is -1.05. The fourth-order valence-electron chi connectivity index (χ4n) is 2.27. The predicted molar refractivity (Wildman–Crippen MR) is 69.3 cm³/mol. The minimum Gasteiger partial charge on any atom is -0.344 e. The minimum absolute atomic E-state index is 0.00766. The molecule has 0 spiro atoms. The summed E-state index contributed by atoms with van der Waals surface area (Å²) in [7, 11) is 0. The second-order valence-corrected chi connectivity index (χ2v) is 4.85. The third kappa shape index (κ3) is 4.03. The molecule has 0 aromatic rings. The van der Waals surface area contributed by atoms with Crippen molar-refractivity contribution >= 4 is 5.91 Å². The van der Waals surface area contributed by atoms with Gasteiger partial charge in [-0.2, -0.15) is 0 Å². The number of hydrogen-bond donors (Lipinski definition) is 2. The van der Waals surface area contributed by atoms with Crippen molar-refractivity contribution in [2.45, 2.75) is 38.8 Å². The molecule has 3 unspecified atom stereocenters. The maximum Gasteiger partial charge on any atom is 0.237 e. The maximum absolute atomic E-state index is 11.8. The summed E-state index contributed by atoms with van der Waals surface area (Å²) in [5.41, 5.74) is 5.93. The smallest absolute Gasteiger partial charge is 0.237 e.